The number of sulfonamides is 1. The van der Waals surface area contributed by atoms with Crippen LogP contribution in [0, 0.1) is 23.7 Å². The van der Waals surface area contributed by atoms with Gasteiger partial charge >= 0.3 is 0 Å². The predicted octanol–water partition coefficient (Wildman–Crippen LogP) is 3.81. The fourth-order valence-corrected chi connectivity index (χ4v) is 7.34. The topological polar surface area (TPSA) is 75.3 Å². The Morgan fingerprint density at radius 2 is 1.48 bits per heavy atom. The van der Waals surface area contributed by atoms with Crippen molar-refractivity contribution in [1.82, 2.24) is 10.0 Å². The lowest BCUT2D eigenvalue weighted by Crippen LogP contribution is -2.62. The zero-order valence-corrected chi connectivity index (χ0v) is 18.8. The first-order chi connectivity index (χ1) is 13.5. The zero-order chi connectivity index (χ0) is 21.0. The Morgan fingerprint density at radius 1 is 0.966 bits per heavy atom. The Bertz CT molecular complexity index is 846. The van der Waals surface area contributed by atoms with Crippen molar-refractivity contribution < 1.29 is 13.2 Å². The smallest absolute Gasteiger partial charge is 0.241 e. The maximum atomic E-state index is 13.1. The van der Waals surface area contributed by atoms with Crippen molar-refractivity contribution in [3.8, 4) is 0 Å². The summed E-state index contributed by atoms with van der Waals surface area (Å²) in [6.45, 7) is 7.44. The molecule has 4 aliphatic carbocycles. The molecule has 4 fully saturated rings. The molecule has 0 atom stereocenters. The third-order valence-electron chi connectivity index (χ3n) is 7.34. The Kier molecular flexibility index (Phi) is 5.31. The summed E-state index contributed by atoms with van der Waals surface area (Å²) in [6, 6.07) is 7.10. The van der Waals surface area contributed by atoms with Gasteiger partial charge in [0.05, 0.1) is 4.90 Å². The van der Waals surface area contributed by atoms with Crippen molar-refractivity contribution in [3.63, 3.8) is 0 Å². The van der Waals surface area contributed by atoms with E-state index in [4.69, 9.17) is 0 Å². The predicted molar refractivity (Wildman–Crippen MR) is 114 cm³/mol. The van der Waals surface area contributed by atoms with Gasteiger partial charge in [-0.05, 0) is 93.2 Å². The summed E-state index contributed by atoms with van der Waals surface area (Å²) < 4.78 is 28.4. The minimum absolute atomic E-state index is 0.192. The van der Waals surface area contributed by atoms with Crippen LogP contribution in [0.25, 0.3) is 0 Å². The van der Waals surface area contributed by atoms with E-state index in [9.17, 15) is 13.2 Å². The highest BCUT2D eigenvalue weighted by Gasteiger charge is 2.49. The first kappa shape index (κ1) is 20.9. The standard InChI is InChI=1S/C23H34N2O3S/c1-14(2)17-5-7-20(8-6-17)29(27,28)25-23(3,4)22(26)24-21-18-10-15-9-16(12-18)13-19(21)11-15/h5-8,14-16,18-19,21,25H,9-13H2,1-4H3,(H,24,26). The SMILES string of the molecule is CC(C)c1ccc(S(=O)(=O)NC(C)(C)C(=O)NC2C3CC4CC(C3)CC2C4)cc1. The van der Waals surface area contributed by atoms with Gasteiger partial charge in [0, 0.05) is 6.04 Å². The minimum Gasteiger partial charge on any atom is -0.351 e. The van der Waals surface area contributed by atoms with Crippen LogP contribution < -0.4 is 10.0 Å². The van der Waals surface area contributed by atoms with Gasteiger partial charge in [0.15, 0.2) is 0 Å². The molecule has 1 aromatic rings. The Labute approximate surface area is 175 Å². The molecule has 0 unspecified atom stereocenters. The molecule has 0 aromatic heterocycles. The van der Waals surface area contributed by atoms with E-state index in [1.807, 2.05) is 12.1 Å². The molecule has 1 aromatic carbocycles. The van der Waals surface area contributed by atoms with E-state index in [1.165, 1.54) is 32.1 Å². The van der Waals surface area contributed by atoms with Crippen LogP contribution in [0.4, 0.5) is 0 Å². The fourth-order valence-electron chi connectivity index (χ4n) is 5.97. The summed E-state index contributed by atoms with van der Waals surface area (Å²) in [5.41, 5.74) is -0.118. The van der Waals surface area contributed by atoms with Crippen LogP contribution in [-0.4, -0.2) is 25.9 Å². The van der Waals surface area contributed by atoms with Gasteiger partial charge in [0.25, 0.3) is 0 Å². The van der Waals surface area contributed by atoms with Gasteiger partial charge in [-0.3, -0.25) is 4.79 Å². The number of carbonyl (C=O) groups is 1. The van der Waals surface area contributed by atoms with E-state index >= 15 is 0 Å². The summed E-state index contributed by atoms with van der Waals surface area (Å²) in [5.74, 6) is 2.91. The van der Waals surface area contributed by atoms with E-state index in [0.29, 0.717) is 17.8 Å². The maximum absolute atomic E-state index is 13.1. The highest BCUT2D eigenvalue weighted by molar-refractivity contribution is 7.89. The highest BCUT2D eigenvalue weighted by atomic mass is 32.2. The highest BCUT2D eigenvalue weighted by Crippen LogP contribution is 2.53. The number of benzene rings is 1. The Balaban J connectivity index is 1.44. The molecular formula is C23H34N2O3S. The summed E-state index contributed by atoms with van der Waals surface area (Å²) in [4.78, 5) is 13.3. The van der Waals surface area contributed by atoms with Gasteiger partial charge in [-0.25, -0.2) is 8.42 Å². The Morgan fingerprint density at radius 3 is 1.97 bits per heavy atom. The van der Waals surface area contributed by atoms with Gasteiger partial charge in [0.2, 0.25) is 15.9 Å². The molecule has 0 spiro atoms. The van der Waals surface area contributed by atoms with Crippen LogP contribution in [0.5, 0.6) is 0 Å². The van der Waals surface area contributed by atoms with E-state index < -0.39 is 15.6 Å². The van der Waals surface area contributed by atoms with E-state index in [0.717, 1.165) is 17.4 Å². The second kappa shape index (κ2) is 7.38. The number of amides is 1. The number of carbonyl (C=O) groups excluding carboxylic acids is 1. The zero-order valence-electron chi connectivity index (χ0n) is 17.9. The Hall–Kier alpha value is -1.40. The molecule has 1 amide bonds. The fraction of sp³-hybridized carbons (Fsp3) is 0.696. The molecule has 5 rings (SSSR count). The molecule has 0 saturated heterocycles. The monoisotopic (exact) mass is 418 g/mol. The summed E-state index contributed by atoms with van der Waals surface area (Å²) in [6.07, 6.45) is 6.23. The molecule has 5 nitrogen and oxygen atoms in total. The molecule has 0 radical (unpaired) electrons. The lowest BCUT2D eigenvalue weighted by molar-refractivity contribution is -0.129. The number of nitrogens with one attached hydrogen (secondary N) is 2. The molecule has 160 valence electrons. The lowest BCUT2D eigenvalue weighted by atomic mass is 9.54. The van der Waals surface area contributed by atoms with Crippen LogP contribution in [0.2, 0.25) is 0 Å². The second-order valence-electron chi connectivity index (χ2n) is 10.4. The quantitative estimate of drug-likeness (QED) is 0.738. The molecule has 6 heteroatoms. The third-order valence-corrected chi connectivity index (χ3v) is 9.01. The first-order valence-corrected chi connectivity index (χ1v) is 12.5. The average molecular weight is 419 g/mol. The molecule has 29 heavy (non-hydrogen) atoms. The maximum Gasteiger partial charge on any atom is 0.241 e. The van der Waals surface area contributed by atoms with Gasteiger partial charge in [0.1, 0.15) is 5.54 Å². The number of rotatable bonds is 6. The normalized spacial score (nSPS) is 31.3. The molecule has 0 aliphatic heterocycles. The van der Waals surface area contributed by atoms with Crippen LogP contribution >= 0.6 is 0 Å². The second-order valence-corrected chi connectivity index (χ2v) is 12.1. The van der Waals surface area contributed by atoms with Crippen LogP contribution in [0.15, 0.2) is 29.2 Å². The van der Waals surface area contributed by atoms with Gasteiger partial charge in [-0.1, -0.05) is 26.0 Å². The van der Waals surface area contributed by atoms with E-state index in [1.54, 1.807) is 26.0 Å². The van der Waals surface area contributed by atoms with Gasteiger partial charge in [-0.2, -0.15) is 4.72 Å². The van der Waals surface area contributed by atoms with Crippen molar-refractivity contribution in [3.05, 3.63) is 29.8 Å². The summed E-state index contributed by atoms with van der Waals surface area (Å²) in [7, 11) is -3.78. The summed E-state index contributed by atoms with van der Waals surface area (Å²) in [5, 5.41) is 3.23. The number of hydrogen-bond acceptors (Lipinski definition) is 3. The van der Waals surface area contributed by atoms with Crippen molar-refractivity contribution in [2.24, 2.45) is 23.7 Å². The van der Waals surface area contributed by atoms with Crippen molar-refractivity contribution >= 4 is 15.9 Å². The molecule has 0 heterocycles. The van der Waals surface area contributed by atoms with Crippen molar-refractivity contribution in [1.29, 1.82) is 0 Å². The molecule has 4 bridgehead atoms. The van der Waals surface area contributed by atoms with E-state index in [-0.39, 0.29) is 16.8 Å². The summed E-state index contributed by atoms with van der Waals surface area (Å²) >= 11 is 0. The van der Waals surface area contributed by atoms with Crippen molar-refractivity contribution in [2.75, 3.05) is 0 Å². The average Bonchev–Trinajstić information content (AvgIpc) is 2.63. The molecule has 4 saturated carbocycles. The largest absolute Gasteiger partial charge is 0.351 e. The van der Waals surface area contributed by atoms with Crippen LogP contribution in [0.3, 0.4) is 0 Å². The van der Waals surface area contributed by atoms with Crippen LogP contribution in [0.1, 0.15) is 71.3 Å². The van der Waals surface area contributed by atoms with E-state index in [2.05, 4.69) is 23.9 Å². The number of hydrogen-bond donors (Lipinski definition) is 2. The lowest BCUT2D eigenvalue weighted by Gasteiger charge is -2.54. The van der Waals surface area contributed by atoms with Gasteiger partial charge in [-0.15, -0.1) is 0 Å². The minimum atomic E-state index is -3.78. The van der Waals surface area contributed by atoms with Crippen LogP contribution in [-0.2, 0) is 14.8 Å². The first-order valence-electron chi connectivity index (χ1n) is 11.0. The third kappa shape index (κ3) is 4.11. The molecule has 2 N–H and O–H groups in total. The van der Waals surface area contributed by atoms with Gasteiger partial charge < -0.3 is 5.32 Å². The molecule has 4 aliphatic rings. The van der Waals surface area contributed by atoms with Crippen molar-refractivity contribution in [2.45, 2.75) is 82.2 Å². The molecular weight excluding hydrogens is 384 g/mol.